The number of rotatable bonds is 40. The van der Waals surface area contributed by atoms with E-state index in [9.17, 15) is 37.9 Å². The van der Waals surface area contributed by atoms with Gasteiger partial charge in [0.15, 0.2) is 12.4 Å². The SMILES string of the molecule is CCCCCCCC/C=C\CCCCCCCC(=O)OC(COC(=O)CCCCCCCCCCCCCCCCCC)COC1OC(CS(=O)(=O)O)C(O)C(O)C1O. The van der Waals surface area contributed by atoms with Crippen LogP contribution in [0.25, 0.3) is 0 Å². The first-order chi connectivity index (χ1) is 28.5. The summed E-state index contributed by atoms with van der Waals surface area (Å²) < 4.78 is 54.1. The van der Waals surface area contributed by atoms with Gasteiger partial charge in [-0.25, -0.2) is 0 Å². The van der Waals surface area contributed by atoms with Crippen molar-refractivity contribution in [3.05, 3.63) is 12.2 Å². The van der Waals surface area contributed by atoms with Crippen LogP contribution in [0.1, 0.15) is 213 Å². The van der Waals surface area contributed by atoms with E-state index in [2.05, 4.69) is 26.0 Å². The van der Waals surface area contributed by atoms with Gasteiger partial charge >= 0.3 is 11.9 Å². The Morgan fingerprint density at radius 1 is 0.559 bits per heavy atom. The summed E-state index contributed by atoms with van der Waals surface area (Å²) in [5, 5.41) is 30.9. The summed E-state index contributed by atoms with van der Waals surface area (Å²) in [6, 6.07) is 0. The highest BCUT2D eigenvalue weighted by Gasteiger charge is 2.46. The van der Waals surface area contributed by atoms with Gasteiger partial charge < -0.3 is 34.3 Å². The second kappa shape index (κ2) is 37.0. The van der Waals surface area contributed by atoms with Crippen molar-refractivity contribution in [1.29, 1.82) is 0 Å². The molecule has 348 valence electrons. The molecule has 0 radical (unpaired) electrons. The second-order valence-electron chi connectivity index (χ2n) is 16.8. The zero-order valence-electron chi connectivity index (χ0n) is 37.1. The van der Waals surface area contributed by atoms with Crippen molar-refractivity contribution in [2.24, 2.45) is 0 Å². The summed E-state index contributed by atoms with van der Waals surface area (Å²) in [6.07, 6.45) is 29.7. The number of carbonyl (C=O) groups excluding carboxylic acids is 2. The zero-order chi connectivity index (χ0) is 43.4. The number of unbranched alkanes of at least 4 members (excludes halogenated alkanes) is 26. The fourth-order valence-corrected chi connectivity index (χ4v) is 8.07. The summed E-state index contributed by atoms with van der Waals surface area (Å²) in [4.78, 5) is 25.4. The van der Waals surface area contributed by atoms with Gasteiger partial charge in [0, 0.05) is 12.8 Å². The lowest BCUT2D eigenvalue weighted by atomic mass is 10.00. The minimum absolute atomic E-state index is 0.158. The molecule has 6 unspecified atom stereocenters. The van der Waals surface area contributed by atoms with Gasteiger partial charge in [-0.15, -0.1) is 0 Å². The van der Waals surface area contributed by atoms with E-state index in [1.54, 1.807) is 0 Å². The molecule has 0 spiro atoms. The molecule has 1 fully saturated rings. The van der Waals surface area contributed by atoms with E-state index in [0.717, 1.165) is 57.8 Å². The van der Waals surface area contributed by atoms with Crippen molar-refractivity contribution in [1.82, 2.24) is 0 Å². The van der Waals surface area contributed by atoms with E-state index in [1.807, 2.05) is 0 Å². The maximum Gasteiger partial charge on any atom is 0.306 e. The van der Waals surface area contributed by atoms with Crippen LogP contribution < -0.4 is 0 Å². The van der Waals surface area contributed by atoms with Crippen molar-refractivity contribution >= 4 is 22.1 Å². The van der Waals surface area contributed by atoms with E-state index < -0.39 is 71.2 Å². The molecule has 0 aliphatic carbocycles. The highest BCUT2D eigenvalue weighted by molar-refractivity contribution is 7.85. The van der Waals surface area contributed by atoms with Gasteiger partial charge in [-0.05, 0) is 38.5 Å². The number of carbonyl (C=O) groups is 2. The first kappa shape index (κ1) is 55.4. The van der Waals surface area contributed by atoms with Crippen molar-refractivity contribution < 1.29 is 56.8 Å². The van der Waals surface area contributed by atoms with Crippen LogP contribution in [0.4, 0.5) is 0 Å². The Morgan fingerprint density at radius 2 is 0.966 bits per heavy atom. The third kappa shape index (κ3) is 31.8. The highest BCUT2D eigenvalue weighted by Crippen LogP contribution is 2.24. The molecular formula is C46H86O12S. The van der Waals surface area contributed by atoms with Gasteiger partial charge in [-0.3, -0.25) is 14.1 Å². The molecular weight excluding hydrogens is 777 g/mol. The van der Waals surface area contributed by atoms with Crippen LogP contribution in [0.15, 0.2) is 12.2 Å². The largest absolute Gasteiger partial charge is 0.462 e. The maximum atomic E-state index is 12.8. The van der Waals surface area contributed by atoms with Crippen LogP contribution in [0.3, 0.4) is 0 Å². The quantitative estimate of drug-likeness (QED) is 0.0198. The molecule has 1 aliphatic heterocycles. The van der Waals surface area contributed by atoms with Crippen molar-refractivity contribution in [2.45, 2.75) is 250 Å². The average molecular weight is 863 g/mol. The van der Waals surface area contributed by atoms with Gasteiger partial charge in [0.05, 0.1) is 6.61 Å². The van der Waals surface area contributed by atoms with E-state index >= 15 is 0 Å². The normalized spacial score (nSPS) is 20.3. The molecule has 59 heavy (non-hydrogen) atoms. The molecule has 0 amide bonds. The third-order valence-electron chi connectivity index (χ3n) is 11.1. The van der Waals surface area contributed by atoms with Crippen molar-refractivity contribution in [2.75, 3.05) is 19.0 Å². The summed E-state index contributed by atoms with van der Waals surface area (Å²) >= 11 is 0. The molecule has 0 aromatic heterocycles. The Morgan fingerprint density at radius 3 is 1.41 bits per heavy atom. The van der Waals surface area contributed by atoms with Gasteiger partial charge in [-0.2, -0.15) is 8.42 Å². The van der Waals surface area contributed by atoms with E-state index in [4.69, 9.17) is 18.9 Å². The van der Waals surface area contributed by atoms with Gasteiger partial charge in [-0.1, -0.05) is 174 Å². The van der Waals surface area contributed by atoms with E-state index in [-0.39, 0.29) is 19.4 Å². The molecule has 13 heteroatoms. The van der Waals surface area contributed by atoms with Gasteiger partial charge in [0.25, 0.3) is 10.1 Å². The number of esters is 2. The van der Waals surface area contributed by atoms with Crippen LogP contribution in [0.5, 0.6) is 0 Å². The molecule has 12 nitrogen and oxygen atoms in total. The molecule has 4 N–H and O–H groups in total. The standard InChI is InChI=1S/C46H86O12S/c1-3-5-7-9-11-13-15-17-19-21-22-24-26-28-30-32-34-41(47)55-36-39(37-56-46-45(51)44(50)43(49)40(58-46)38-59(52,53)54)57-42(48)35-33-31-29-27-25-23-20-18-16-14-12-10-8-6-4-2/h18,20,39-40,43-46,49-51H,3-17,19,21-38H2,1-2H3,(H,52,53,54)/b20-18-. The molecule has 1 rings (SSSR count). The average Bonchev–Trinajstić information content (AvgIpc) is 3.20. The number of ether oxygens (including phenoxy) is 4. The predicted molar refractivity (Wildman–Crippen MR) is 234 cm³/mol. The van der Waals surface area contributed by atoms with Gasteiger partial charge in [0.2, 0.25) is 0 Å². The lowest BCUT2D eigenvalue weighted by molar-refractivity contribution is -0.297. The fourth-order valence-electron chi connectivity index (χ4n) is 7.38. The first-order valence-electron chi connectivity index (χ1n) is 23.7. The van der Waals surface area contributed by atoms with Gasteiger partial charge in [0.1, 0.15) is 36.8 Å². The van der Waals surface area contributed by atoms with Crippen LogP contribution in [-0.2, 0) is 38.7 Å². The highest BCUT2D eigenvalue weighted by atomic mass is 32.2. The molecule has 0 bridgehead atoms. The minimum atomic E-state index is -4.60. The maximum absolute atomic E-state index is 12.8. The van der Waals surface area contributed by atoms with Crippen molar-refractivity contribution in [3.8, 4) is 0 Å². The number of hydrogen-bond acceptors (Lipinski definition) is 11. The Kier molecular flexibility index (Phi) is 34.7. The topological polar surface area (TPSA) is 186 Å². The zero-order valence-corrected chi connectivity index (χ0v) is 37.9. The molecule has 0 aromatic rings. The number of allylic oxidation sites excluding steroid dienone is 2. The van der Waals surface area contributed by atoms with Crippen molar-refractivity contribution in [3.63, 3.8) is 0 Å². The summed E-state index contributed by atoms with van der Waals surface area (Å²) in [5.41, 5.74) is 0. The molecule has 6 atom stereocenters. The number of aliphatic hydroxyl groups is 3. The lowest BCUT2D eigenvalue weighted by Gasteiger charge is -2.40. The molecule has 1 aliphatic rings. The molecule has 0 saturated carbocycles. The Labute approximate surface area is 358 Å². The summed E-state index contributed by atoms with van der Waals surface area (Å²) in [7, 11) is -4.60. The Hall–Kier alpha value is -1.61. The van der Waals surface area contributed by atoms with Crippen LogP contribution in [0.2, 0.25) is 0 Å². The second-order valence-corrected chi connectivity index (χ2v) is 18.3. The molecule has 1 heterocycles. The monoisotopic (exact) mass is 863 g/mol. The number of hydrogen-bond donors (Lipinski definition) is 4. The fraction of sp³-hybridized carbons (Fsp3) is 0.913. The molecule has 1 saturated heterocycles. The third-order valence-corrected chi connectivity index (χ3v) is 11.8. The Balaban J connectivity index is 2.42. The van der Waals surface area contributed by atoms with Crippen LogP contribution in [0, 0.1) is 0 Å². The Bertz CT molecular complexity index is 1150. The lowest BCUT2D eigenvalue weighted by Crippen LogP contribution is -2.60. The van der Waals surface area contributed by atoms with E-state index in [1.165, 1.54) is 116 Å². The first-order valence-corrected chi connectivity index (χ1v) is 25.4. The summed E-state index contributed by atoms with van der Waals surface area (Å²) in [6.45, 7) is 3.77. The number of aliphatic hydroxyl groups excluding tert-OH is 3. The minimum Gasteiger partial charge on any atom is -0.462 e. The van der Waals surface area contributed by atoms with Crippen LogP contribution >= 0.6 is 0 Å². The summed E-state index contributed by atoms with van der Waals surface area (Å²) in [5.74, 6) is -1.98. The van der Waals surface area contributed by atoms with Crippen LogP contribution in [-0.4, -0.2) is 96.0 Å². The smallest absolute Gasteiger partial charge is 0.306 e. The van der Waals surface area contributed by atoms with E-state index in [0.29, 0.717) is 12.8 Å². The molecule has 0 aromatic carbocycles. The predicted octanol–water partition coefficient (Wildman–Crippen LogP) is 9.84.